The molecule has 0 spiro atoms. The molecule has 8 nitrogen and oxygen atoms in total. The number of esters is 1. The van der Waals surface area contributed by atoms with E-state index in [9.17, 15) is 14.7 Å². The first-order chi connectivity index (χ1) is 15.0. The van der Waals surface area contributed by atoms with Crippen LogP contribution in [0.25, 0.3) is 0 Å². The van der Waals surface area contributed by atoms with Crippen LogP contribution in [0.2, 0.25) is 0 Å². The molecular formula is C23H22N4O4. The maximum Gasteiger partial charge on any atom is 0.338 e. The molecule has 8 heteroatoms. The van der Waals surface area contributed by atoms with Gasteiger partial charge in [0.05, 0.1) is 17.2 Å². The smallest absolute Gasteiger partial charge is 0.338 e. The maximum atomic E-state index is 12.5. The van der Waals surface area contributed by atoms with Gasteiger partial charge < -0.3 is 15.2 Å². The van der Waals surface area contributed by atoms with Crippen molar-refractivity contribution in [2.45, 2.75) is 19.6 Å². The molecular weight excluding hydrogens is 396 g/mol. The molecule has 1 amide bonds. The van der Waals surface area contributed by atoms with E-state index in [4.69, 9.17) is 10.00 Å². The fourth-order valence-electron chi connectivity index (χ4n) is 4.97. The monoisotopic (exact) mass is 418 g/mol. The fourth-order valence-corrected chi connectivity index (χ4v) is 4.97. The van der Waals surface area contributed by atoms with Crippen molar-refractivity contribution >= 4 is 17.7 Å². The van der Waals surface area contributed by atoms with E-state index < -0.39 is 6.10 Å². The quantitative estimate of drug-likeness (QED) is 0.711. The second-order valence-corrected chi connectivity index (χ2v) is 8.50. The second kappa shape index (κ2) is 7.45. The summed E-state index contributed by atoms with van der Waals surface area (Å²) < 4.78 is 5.09. The average molecular weight is 418 g/mol. The summed E-state index contributed by atoms with van der Waals surface area (Å²) in [4.78, 5) is 30.5. The minimum absolute atomic E-state index is 0.0317. The summed E-state index contributed by atoms with van der Waals surface area (Å²) in [5.41, 5.74) is 3.62. The summed E-state index contributed by atoms with van der Waals surface area (Å²) in [6, 6.07) is 8.80. The molecule has 2 N–H and O–H groups in total. The molecule has 2 aliphatic heterocycles. The lowest BCUT2D eigenvalue weighted by Crippen LogP contribution is -2.32. The van der Waals surface area contributed by atoms with E-state index in [-0.39, 0.29) is 36.2 Å². The van der Waals surface area contributed by atoms with Gasteiger partial charge in [-0.05, 0) is 48.1 Å². The Morgan fingerprint density at radius 1 is 1.35 bits per heavy atom. The molecule has 1 aromatic heterocycles. The standard InChI is InChI=1S/C23H22N4O4/c1-12-14(3-4-15-18(12)11-31-23(15)30)19(28)10-27-8-16-17(9-27)21(16)22(29)26-20-5-2-13(6-24)7-25-20/h2-5,7,16-17,19,21,28H,8-11H2,1H3,(H,25,26,29). The first-order valence-electron chi connectivity index (χ1n) is 10.3. The molecule has 2 aromatic rings. The third-order valence-electron chi connectivity index (χ3n) is 6.71. The van der Waals surface area contributed by atoms with Crippen LogP contribution in [-0.2, 0) is 16.1 Å². The number of carbonyl (C=O) groups is 2. The fraction of sp³-hybridized carbons (Fsp3) is 0.391. The zero-order chi connectivity index (χ0) is 21.7. The molecule has 0 radical (unpaired) electrons. The Morgan fingerprint density at radius 2 is 2.13 bits per heavy atom. The highest BCUT2D eigenvalue weighted by Gasteiger charge is 2.59. The number of hydrogen-bond donors (Lipinski definition) is 2. The van der Waals surface area contributed by atoms with Crippen molar-refractivity contribution in [2.24, 2.45) is 17.8 Å². The Hall–Kier alpha value is -3.28. The molecule has 3 aliphatic rings. The number of piperidine rings is 1. The van der Waals surface area contributed by atoms with Crippen molar-refractivity contribution in [3.05, 3.63) is 58.3 Å². The normalized spacial score (nSPS) is 24.7. The summed E-state index contributed by atoms with van der Waals surface area (Å²) in [5.74, 6) is 0.660. The van der Waals surface area contributed by atoms with Gasteiger partial charge in [-0.25, -0.2) is 9.78 Å². The molecule has 158 valence electrons. The first kappa shape index (κ1) is 19.7. The van der Waals surface area contributed by atoms with Crippen LogP contribution in [0.1, 0.15) is 38.7 Å². The van der Waals surface area contributed by atoms with E-state index in [1.807, 2.05) is 19.1 Å². The molecule has 2 fully saturated rings. The second-order valence-electron chi connectivity index (χ2n) is 8.50. The number of benzene rings is 1. The summed E-state index contributed by atoms with van der Waals surface area (Å²) in [6.07, 6.45) is 0.781. The number of aliphatic hydroxyl groups is 1. The van der Waals surface area contributed by atoms with Gasteiger partial charge in [-0.15, -0.1) is 0 Å². The van der Waals surface area contributed by atoms with Crippen molar-refractivity contribution in [3.8, 4) is 6.07 Å². The zero-order valence-corrected chi connectivity index (χ0v) is 17.0. The number of anilines is 1. The highest BCUT2D eigenvalue weighted by Crippen LogP contribution is 2.52. The molecule has 1 saturated carbocycles. The van der Waals surface area contributed by atoms with Crippen LogP contribution in [0.3, 0.4) is 0 Å². The van der Waals surface area contributed by atoms with Crippen LogP contribution in [0, 0.1) is 36.0 Å². The van der Waals surface area contributed by atoms with E-state index in [1.54, 1.807) is 18.2 Å². The third-order valence-corrected chi connectivity index (χ3v) is 6.71. The van der Waals surface area contributed by atoms with Crippen molar-refractivity contribution in [1.29, 1.82) is 5.26 Å². The molecule has 1 aromatic carbocycles. The molecule has 31 heavy (non-hydrogen) atoms. The van der Waals surface area contributed by atoms with Crippen LogP contribution >= 0.6 is 0 Å². The van der Waals surface area contributed by atoms with E-state index >= 15 is 0 Å². The van der Waals surface area contributed by atoms with Gasteiger partial charge in [-0.1, -0.05) is 6.07 Å². The number of likely N-dealkylation sites (tertiary alicyclic amines) is 1. The number of ether oxygens (including phenoxy) is 1. The van der Waals surface area contributed by atoms with Gasteiger partial charge in [-0.2, -0.15) is 5.26 Å². The Morgan fingerprint density at radius 3 is 2.81 bits per heavy atom. The highest BCUT2D eigenvalue weighted by atomic mass is 16.5. The van der Waals surface area contributed by atoms with Crippen LogP contribution in [0.5, 0.6) is 0 Å². The molecule has 3 atom stereocenters. The number of fused-ring (bicyclic) bond motifs is 2. The number of nitrogens with zero attached hydrogens (tertiary/aromatic N) is 3. The number of pyridine rings is 1. The van der Waals surface area contributed by atoms with E-state index in [2.05, 4.69) is 15.2 Å². The summed E-state index contributed by atoms with van der Waals surface area (Å²) >= 11 is 0. The van der Waals surface area contributed by atoms with Gasteiger partial charge in [0.1, 0.15) is 18.5 Å². The predicted octanol–water partition coefficient (Wildman–Crippen LogP) is 1.78. The van der Waals surface area contributed by atoms with E-state index in [0.29, 0.717) is 23.5 Å². The van der Waals surface area contributed by atoms with Gasteiger partial charge >= 0.3 is 5.97 Å². The molecule has 5 rings (SSSR count). The number of hydrogen-bond acceptors (Lipinski definition) is 7. The molecule has 0 bridgehead atoms. The largest absolute Gasteiger partial charge is 0.457 e. The lowest BCUT2D eigenvalue weighted by Gasteiger charge is -2.24. The van der Waals surface area contributed by atoms with E-state index in [0.717, 1.165) is 29.8 Å². The Bertz CT molecular complexity index is 1100. The highest BCUT2D eigenvalue weighted by molar-refractivity contribution is 5.94. The predicted molar refractivity (Wildman–Crippen MR) is 110 cm³/mol. The zero-order valence-electron chi connectivity index (χ0n) is 17.0. The minimum atomic E-state index is -0.659. The van der Waals surface area contributed by atoms with Crippen LogP contribution in [0.15, 0.2) is 30.5 Å². The van der Waals surface area contributed by atoms with Crippen molar-refractivity contribution in [3.63, 3.8) is 0 Å². The molecule has 3 unspecified atom stereocenters. The number of cyclic esters (lactones) is 1. The van der Waals surface area contributed by atoms with Gasteiger partial charge in [0.15, 0.2) is 0 Å². The lowest BCUT2D eigenvalue weighted by atomic mass is 9.95. The number of aliphatic hydroxyl groups excluding tert-OH is 1. The number of rotatable bonds is 5. The Balaban J connectivity index is 1.16. The first-order valence-corrected chi connectivity index (χ1v) is 10.3. The number of aromatic nitrogens is 1. The summed E-state index contributed by atoms with van der Waals surface area (Å²) in [7, 11) is 0. The van der Waals surface area contributed by atoms with Gasteiger partial charge in [0.2, 0.25) is 5.91 Å². The summed E-state index contributed by atoms with van der Waals surface area (Å²) in [5, 5.41) is 22.5. The third kappa shape index (κ3) is 3.46. The molecule has 1 saturated heterocycles. The number of carbonyl (C=O) groups excluding carboxylic acids is 2. The van der Waals surface area contributed by atoms with Crippen LogP contribution in [-0.4, -0.2) is 46.5 Å². The lowest BCUT2D eigenvalue weighted by molar-refractivity contribution is -0.118. The van der Waals surface area contributed by atoms with Crippen molar-refractivity contribution in [2.75, 3.05) is 25.0 Å². The number of nitriles is 1. The van der Waals surface area contributed by atoms with Crippen LogP contribution < -0.4 is 5.32 Å². The van der Waals surface area contributed by atoms with E-state index in [1.165, 1.54) is 6.20 Å². The SMILES string of the molecule is Cc1c(C(O)CN2CC3C(C2)C3C(=O)Nc2ccc(C#N)cn2)ccc2c1COC2=O. The minimum Gasteiger partial charge on any atom is -0.457 e. The number of amides is 1. The van der Waals surface area contributed by atoms with Crippen LogP contribution in [0.4, 0.5) is 5.82 Å². The Labute approximate surface area is 179 Å². The summed E-state index contributed by atoms with van der Waals surface area (Å²) in [6.45, 7) is 4.21. The average Bonchev–Trinajstić information content (AvgIpc) is 3.06. The Kier molecular flexibility index (Phi) is 4.73. The van der Waals surface area contributed by atoms with Crippen molar-refractivity contribution in [1.82, 2.24) is 9.88 Å². The number of nitrogens with one attached hydrogen (secondary N) is 1. The molecule has 1 aliphatic carbocycles. The van der Waals surface area contributed by atoms with Gasteiger partial charge in [0.25, 0.3) is 0 Å². The van der Waals surface area contributed by atoms with Gasteiger partial charge in [0, 0.05) is 37.3 Å². The van der Waals surface area contributed by atoms with Crippen molar-refractivity contribution < 1.29 is 19.4 Å². The molecule has 3 heterocycles. The topological polar surface area (TPSA) is 116 Å². The number of β-amino-alcohol motifs (C(OH)–C–C–N with tert-alkyl or cyclic N) is 1. The maximum absolute atomic E-state index is 12.5. The van der Waals surface area contributed by atoms with Gasteiger partial charge in [-0.3, -0.25) is 9.69 Å².